The van der Waals surface area contributed by atoms with E-state index in [0.29, 0.717) is 28.9 Å². The molecule has 5 heteroatoms. The van der Waals surface area contributed by atoms with Crippen molar-refractivity contribution in [1.29, 1.82) is 0 Å². The zero-order valence-corrected chi connectivity index (χ0v) is 20.5. The molecule has 174 valence electrons. The molecule has 0 radical (unpaired) electrons. The second kappa shape index (κ2) is 10.1. The third-order valence-corrected chi connectivity index (χ3v) is 6.82. The van der Waals surface area contributed by atoms with Gasteiger partial charge in [0.05, 0.1) is 16.8 Å². The molecule has 0 saturated heterocycles. The minimum atomic E-state index is -0.113. The third-order valence-electron chi connectivity index (χ3n) is 5.78. The van der Waals surface area contributed by atoms with Gasteiger partial charge in [-0.05, 0) is 53.4 Å². The number of nitrogens with zero attached hydrogens (tertiary/aromatic N) is 2. The molecule has 0 saturated carbocycles. The minimum Gasteiger partial charge on any atom is -0.457 e. The van der Waals surface area contributed by atoms with Crippen molar-refractivity contribution in [1.82, 2.24) is 4.98 Å². The maximum Gasteiger partial charge on any atom is 0.260 e. The maximum absolute atomic E-state index is 13.9. The number of thiazole rings is 1. The van der Waals surface area contributed by atoms with E-state index >= 15 is 0 Å². The highest BCUT2D eigenvalue weighted by Gasteiger charge is 2.23. The van der Waals surface area contributed by atoms with E-state index in [1.54, 1.807) is 22.3 Å². The molecule has 1 heterocycles. The summed E-state index contributed by atoms with van der Waals surface area (Å²) in [6.07, 6.45) is 0. The molecule has 0 unspecified atom stereocenters. The lowest BCUT2D eigenvalue weighted by molar-refractivity contribution is 0.0985. The highest BCUT2D eigenvalue weighted by atomic mass is 32.1. The first kappa shape index (κ1) is 22.8. The Bertz CT molecular complexity index is 1450. The number of hydrogen-bond donors (Lipinski definition) is 0. The molecule has 0 fully saturated rings. The van der Waals surface area contributed by atoms with Gasteiger partial charge in [-0.15, -0.1) is 0 Å². The van der Waals surface area contributed by atoms with Gasteiger partial charge in [-0.2, -0.15) is 0 Å². The zero-order valence-electron chi connectivity index (χ0n) is 19.7. The molecule has 4 aromatic carbocycles. The summed E-state index contributed by atoms with van der Waals surface area (Å²) in [7, 11) is 0. The molecule has 1 aromatic heterocycles. The van der Waals surface area contributed by atoms with Gasteiger partial charge in [0.2, 0.25) is 0 Å². The Morgan fingerprint density at radius 3 is 2.29 bits per heavy atom. The molecular weight excluding hydrogens is 452 g/mol. The molecular formula is C30H26N2O2S. The fourth-order valence-electron chi connectivity index (χ4n) is 4.00. The van der Waals surface area contributed by atoms with E-state index in [0.717, 1.165) is 21.5 Å². The number of amides is 1. The van der Waals surface area contributed by atoms with Gasteiger partial charge in [0.1, 0.15) is 11.5 Å². The quantitative estimate of drug-likeness (QED) is 0.238. The Morgan fingerprint density at radius 2 is 1.54 bits per heavy atom. The van der Waals surface area contributed by atoms with Gasteiger partial charge in [-0.3, -0.25) is 9.69 Å². The van der Waals surface area contributed by atoms with E-state index in [-0.39, 0.29) is 5.91 Å². The average molecular weight is 479 g/mol. The number of fused-ring (bicyclic) bond motifs is 1. The third kappa shape index (κ3) is 5.10. The topological polar surface area (TPSA) is 42.4 Å². The molecule has 0 bridgehead atoms. The van der Waals surface area contributed by atoms with E-state index in [9.17, 15) is 4.79 Å². The number of anilines is 1. The summed E-state index contributed by atoms with van der Waals surface area (Å²) in [4.78, 5) is 20.6. The maximum atomic E-state index is 13.9. The van der Waals surface area contributed by atoms with Crippen molar-refractivity contribution < 1.29 is 9.53 Å². The first-order chi connectivity index (χ1) is 17.1. The highest BCUT2D eigenvalue weighted by Crippen LogP contribution is 2.35. The van der Waals surface area contributed by atoms with Gasteiger partial charge in [-0.1, -0.05) is 91.9 Å². The molecule has 1 amide bonds. The van der Waals surface area contributed by atoms with Gasteiger partial charge in [0.25, 0.3) is 5.91 Å². The van der Waals surface area contributed by atoms with Gasteiger partial charge < -0.3 is 4.74 Å². The van der Waals surface area contributed by atoms with Crippen LogP contribution in [0.25, 0.3) is 10.2 Å². The second-order valence-electron chi connectivity index (χ2n) is 8.66. The van der Waals surface area contributed by atoms with Crippen LogP contribution in [0, 0.1) is 0 Å². The van der Waals surface area contributed by atoms with Gasteiger partial charge in [-0.25, -0.2) is 4.98 Å². The van der Waals surface area contributed by atoms with Crippen molar-refractivity contribution in [2.24, 2.45) is 0 Å². The van der Waals surface area contributed by atoms with Crippen LogP contribution in [-0.2, 0) is 6.54 Å². The molecule has 4 nitrogen and oxygen atoms in total. The van der Waals surface area contributed by atoms with Crippen LogP contribution >= 0.6 is 11.3 Å². The largest absolute Gasteiger partial charge is 0.457 e. The lowest BCUT2D eigenvalue weighted by atomic mass is 10.0. The molecule has 0 aliphatic heterocycles. The summed E-state index contributed by atoms with van der Waals surface area (Å²) in [6, 6.07) is 33.2. The predicted molar refractivity (Wildman–Crippen MR) is 144 cm³/mol. The van der Waals surface area contributed by atoms with E-state index < -0.39 is 0 Å². The Hall–Kier alpha value is -3.96. The summed E-state index contributed by atoms with van der Waals surface area (Å²) in [5.74, 6) is 1.58. The predicted octanol–water partition coefficient (Wildman–Crippen LogP) is 8.06. The number of rotatable bonds is 7. The summed E-state index contributed by atoms with van der Waals surface area (Å²) >= 11 is 1.55. The molecule has 0 N–H and O–H groups in total. The van der Waals surface area contributed by atoms with E-state index in [4.69, 9.17) is 9.72 Å². The average Bonchev–Trinajstić information content (AvgIpc) is 3.32. The van der Waals surface area contributed by atoms with Crippen LogP contribution in [0.5, 0.6) is 11.5 Å². The summed E-state index contributed by atoms with van der Waals surface area (Å²) in [5, 5.41) is 0.691. The summed E-state index contributed by atoms with van der Waals surface area (Å²) in [6.45, 7) is 4.76. The lowest BCUT2D eigenvalue weighted by Crippen LogP contribution is -2.30. The standard InChI is InChI=1S/C30H26N2O2S/c1-21(2)26-17-10-18-27-28(26)31-30(35-27)32(20-22-11-5-3-6-12-22)29(33)23-13-9-16-25(19-23)34-24-14-7-4-8-15-24/h3-19,21H,20H2,1-2H3. The Balaban J connectivity index is 1.53. The van der Waals surface area contributed by atoms with E-state index in [1.165, 1.54) is 5.56 Å². The number of carbonyl (C=O) groups excluding carboxylic acids is 1. The van der Waals surface area contributed by atoms with E-state index in [2.05, 4.69) is 32.0 Å². The van der Waals surface area contributed by atoms with Crippen molar-refractivity contribution in [3.8, 4) is 11.5 Å². The van der Waals surface area contributed by atoms with E-state index in [1.807, 2.05) is 78.9 Å². The summed E-state index contributed by atoms with van der Waals surface area (Å²) in [5.41, 5.74) is 3.75. The van der Waals surface area contributed by atoms with Gasteiger partial charge in [0.15, 0.2) is 5.13 Å². The molecule has 5 rings (SSSR count). The minimum absolute atomic E-state index is 0.113. The monoisotopic (exact) mass is 478 g/mol. The number of aromatic nitrogens is 1. The summed E-state index contributed by atoms with van der Waals surface area (Å²) < 4.78 is 7.06. The molecule has 0 atom stereocenters. The van der Waals surface area contributed by atoms with Crippen LogP contribution in [0.2, 0.25) is 0 Å². The Morgan fingerprint density at radius 1 is 0.857 bits per heavy atom. The van der Waals surface area contributed by atoms with Crippen molar-refractivity contribution in [2.75, 3.05) is 4.90 Å². The van der Waals surface area contributed by atoms with Crippen molar-refractivity contribution in [3.05, 3.63) is 120 Å². The fraction of sp³-hybridized carbons (Fsp3) is 0.133. The fourth-order valence-corrected chi connectivity index (χ4v) is 5.00. The first-order valence-electron chi connectivity index (χ1n) is 11.7. The zero-order chi connectivity index (χ0) is 24.2. The number of ether oxygens (including phenoxy) is 1. The first-order valence-corrected chi connectivity index (χ1v) is 12.5. The Labute approximate surface area is 209 Å². The van der Waals surface area contributed by atoms with Crippen LogP contribution in [-0.4, -0.2) is 10.9 Å². The van der Waals surface area contributed by atoms with Gasteiger partial charge in [0, 0.05) is 5.56 Å². The SMILES string of the molecule is CC(C)c1cccc2sc(N(Cc3ccccc3)C(=O)c3cccc(Oc4ccccc4)c3)nc12. The second-order valence-corrected chi connectivity index (χ2v) is 9.67. The number of para-hydroxylation sites is 2. The van der Waals surface area contributed by atoms with Gasteiger partial charge >= 0.3 is 0 Å². The number of hydrogen-bond acceptors (Lipinski definition) is 4. The smallest absolute Gasteiger partial charge is 0.260 e. The van der Waals surface area contributed by atoms with Crippen LogP contribution < -0.4 is 9.64 Å². The molecule has 35 heavy (non-hydrogen) atoms. The molecule has 0 aliphatic rings. The highest BCUT2D eigenvalue weighted by molar-refractivity contribution is 7.22. The van der Waals surface area contributed by atoms with Crippen molar-refractivity contribution in [2.45, 2.75) is 26.3 Å². The van der Waals surface area contributed by atoms with Crippen LogP contribution in [0.15, 0.2) is 103 Å². The van der Waals surface area contributed by atoms with Crippen LogP contribution in [0.4, 0.5) is 5.13 Å². The number of benzene rings is 4. The molecule has 5 aromatic rings. The molecule has 0 aliphatic carbocycles. The Kier molecular flexibility index (Phi) is 6.59. The normalized spacial score (nSPS) is 11.1. The van der Waals surface area contributed by atoms with Crippen LogP contribution in [0.3, 0.4) is 0 Å². The number of carbonyl (C=O) groups is 1. The lowest BCUT2D eigenvalue weighted by Gasteiger charge is -2.20. The van der Waals surface area contributed by atoms with Crippen molar-refractivity contribution >= 4 is 32.6 Å². The molecule has 0 spiro atoms. The van der Waals surface area contributed by atoms with Crippen molar-refractivity contribution in [3.63, 3.8) is 0 Å². The van der Waals surface area contributed by atoms with Crippen LogP contribution in [0.1, 0.15) is 41.3 Å².